The summed E-state index contributed by atoms with van der Waals surface area (Å²) in [6, 6.07) is 0.318. The molecule has 0 amide bonds. The van der Waals surface area contributed by atoms with Crippen molar-refractivity contribution < 1.29 is 5.11 Å². The first-order valence-corrected chi connectivity index (χ1v) is 5.20. The third-order valence-electron chi connectivity index (χ3n) is 3.51. The summed E-state index contributed by atoms with van der Waals surface area (Å²) in [6.45, 7) is 9.99. The highest BCUT2D eigenvalue weighted by Crippen LogP contribution is 2.34. The van der Waals surface area contributed by atoms with Crippen LogP contribution in [0, 0.1) is 11.3 Å². The van der Waals surface area contributed by atoms with Crippen molar-refractivity contribution >= 4 is 0 Å². The van der Waals surface area contributed by atoms with E-state index in [9.17, 15) is 5.11 Å². The van der Waals surface area contributed by atoms with Crippen LogP contribution in [0.25, 0.3) is 0 Å². The molecule has 0 saturated carbocycles. The van der Waals surface area contributed by atoms with Crippen molar-refractivity contribution in [2.24, 2.45) is 11.3 Å². The number of rotatable bonds is 0. The van der Waals surface area contributed by atoms with Crippen LogP contribution in [-0.4, -0.2) is 35.7 Å². The minimum absolute atomic E-state index is 0.150. The van der Waals surface area contributed by atoms with Crippen LogP contribution in [0.3, 0.4) is 0 Å². The Balaban J connectivity index is 2.64. The highest BCUT2D eigenvalue weighted by Gasteiger charge is 2.35. The fourth-order valence-corrected chi connectivity index (χ4v) is 2.00. The molecule has 0 radical (unpaired) electrons. The molecule has 0 aromatic carbocycles. The van der Waals surface area contributed by atoms with Crippen molar-refractivity contribution in [3.05, 3.63) is 0 Å². The van der Waals surface area contributed by atoms with Crippen LogP contribution < -0.4 is 0 Å². The Morgan fingerprint density at radius 1 is 1.31 bits per heavy atom. The minimum atomic E-state index is -0.150. The zero-order valence-corrected chi connectivity index (χ0v) is 9.54. The summed E-state index contributed by atoms with van der Waals surface area (Å²) >= 11 is 0. The second kappa shape index (κ2) is 3.58. The van der Waals surface area contributed by atoms with E-state index in [1.165, 1.54) is 0 Å². The fraction of sp³-hybridized carbons (Fsp3) is 1.00. The maximum atomic E-state index is 9.84. The Hall–Kier alpha value is -0.0800. The van der Waals surface area contributed by atoms with Gasteiger partial charge < -0.3 is 10.0 Å². The first-order valence-electron chi connectivity index (χ1n) is 5.20. The van der Waals surface area contributed by atoms with E-state index in [1.54, 1.807) is 0 Å². The van der Waals surface area contributed by atoms with E-state index in [2.05, 4.69) is 39.6 Å². The summed E-state index contributed by atoms with van der Waals surface area (Å²) in [4.78, 5) is 2.27. The quantitative estimate of drug-likeness (QED) is 0.621. The van der Waals surface area contributed by atoms with Crippen molar-refractivity contribution in [2.75, 3.05) is 13.6 Å². The smallest absolute Gasteiger partial charge is 0.0695 e. The fourth-order valence-electron chi connectivity index (χ4n) is 2.00. The molecular formula is C11H23NO. The highest BCUT2D eigenvalue weighted by molar-refractivity contribution is 4.88. The topological polar surface area (TPSA) is 23.5 Å². The molecule has 0 aliphatic carbocycles. The summed E-state index contributed by atoms with van der Waals surface area (Å²) in [7, 11) is 2.10. The van der Waals surface area contributed by atoms with Gasteiger partial charge in [-0.3, -0.25) is 0 Å². The Bertz CT molecular complexity index is 161. The van der Waals surface area contributed by atoms with Gasteiger partial charge in [-0.15, -0.1) is 0 Å². The highest BCUT2D eigenvalue weighted by atomic mass is 16.3. The SMILES string of the molecule is C[C@@H]1[C@@H](O)C[C@H](C(C)(C)C)CN1C. The molecule has 0 aromatic heterocycles. The monoisotopic (exact) mass is 185 g/mol. The molecule has 13 heavy (non-hydrogen) atoms. The van der Waals surface area contributed by atoms with Crippen LogP contribution in [0.2, 0.25) is 0 Å². The standard InChI is InChI=1S/C11H23NO/c1-8-10(13)6-9(7-12(8)5)11(2,3)4/h8-10,13H,6-7H2,1-5H3/t8-,9+,10+/m1/s1. The van der Waals surface area contributed by atoms with Gasteiger partial charge in [-0.1, -0.05) is 20.8 Å². The lowest BCUT2D eigenvalue weighted by Crippen LogP contribution is -2.50. The Labute approximate surface area is 81.9 Å². The minimum Gasteiger partial charge on any atom is -0.391 e. The van der Waals surface area contributed by atoms with Crippen molar-refractivity contribution in [3.8, 4) is 0 Å². The van der Waals surface area contributed by atoms with Gasteiger partial charge in [-0.25, -0.2) is 0 Å². The molecule has 2 nitrogen and oxygen atoms in total. The van der Waals surface area contributed by atoms with E-state index < -0.39 is 0 Å². The predicted molar refractivity (Wildman–Crippen MR) is 55.7 cm³/mol. The summed E-state index contributed by atoms with van der Waals surface area (Å²) in [6.07, 6.45) is 0.803. The van der Waals surface area contributed by atoms with Gasteiger partial charge in [-0.2, -0.15) is 0 Å². The van der Waals surface area contributed by atoms with Crippen molar-refractivity contribution in [1.29, 1.82) is 0 Å². The first-order chi connectivity index (χ1) is 5.82. The van der Waals surface area contributed by atoms with Gasteiger partial charge in [0.1, 0.15) is 0 Å². The molecular weight excluding hydrogens is 162 g/mol. The maximum absolute atomic E-state index is 9.84. The van der Waals surface area contributed by atoms with Crippen LogP contribution in [-0.2, 0) is 0 Å². The van der Waals surface area contributed by atoms with E-state index in [1.807, 2.05) is 0 Å². The molecule has 1 saturated heterocycles. The second-order valence-corrected chi connectivity index (χ2v) is 5.55. The molecule has 0 unspecified atom stereocenters. The molecule has 1 fully saturated rings. The van der Waals surface area contributed by atoms with E-state index >= 15 is 0 Å². The number of hydrogen-bond acceptors (Lipinski definition) is 2. The Kier molecular flexibility index (Phi) is 3.03. The number of aliphatic hydroxyl groups excluding tert-OH is 1. The Morgan fingerprint density at radius 2 is 1.85 bits per heavy atom. The molecule has 78 valence electrons. The third kappa shape index (κ3) is 2.44. The summed E-state index contributed by atoms with van der Waals surface area (Å²) in [5.74, 6) is 0.615. The molecule has 1 aliphatic heterocycles. The first kappa shape index (κ1) is 11.0. The normalized spacial score (nSPS) is 37.8. The van der Waals surface area contributed by atoms with Crippen LogP contribution in [0.4, 0.5) is 0 Å². The van der Waals surface area contributed by atoms with Crippen LogP contribution >= 0.6 is 0 Å². The van der Waals surface area contributed by atoms with E-state index in [4.69, 9.17) is 0 Å². The van der Waals surface area contributed by atoms with E-state index in [-0.39, 0.29) is 6.10 Å². The lowest BCUT2D eigenvalue weighted by Gasteiger charge is -2.44. The van der Waals surface area contributed by atoms with Gasteiger partial charge in [0.05, 0.1) is 6.10 Å². The number of nitrogens with zero attached hydrogens (tertiary/aromatic N) is 1. The number of hydrogen-bond donors (Lipinski definition) is 1. The average molecular weight is 185 g/mol. The molecule has 3 atom stereocenters. The van der Waals surface area contributed by atoms with Gasteiger partial charge in [0.25, 0.3) is 0 Å². The van der Waals surface area contributed by atoms with Crippen molar-refractivity contribution in [3.63, 3.8) is 0 Å². The predicted octanol–water partition coefficient (Wildman–Crippen LogP) is 1.73. The van der Waals surface area contributed by atoms with Crippen LogP contribution in [0.15, 0.2) is 0 Å². The van der Waals surface area contributed by atoms with E-state index in [0.717, 1.165) is 13.0 Å². The van der Waals surface area contributed by atoms with Gasteiger partial charge in [0.2, 0.25) is 0 Å². The van der Waals surface area contributed by atoms with E-state index in [0.29, 0.717) is 17.4 Å². The number of likely N-dealkylation sites (N-methyl/N-ethyl adjacent to an activating group) is 1. The summed E-state index contributed by atoms with van der Waals surface area (Å²) in [5.41, 5.74) is 0.315. The van der Waals surface area contributed by atoms with Crippen LogP contribution in [0.1, 0.15) is 34.1 Å². The summed E-state index contributed by atoms with van der Waals surface area (Å²) < 4.78 is 0. The second-order valence-electron chi connectivity index (χ2n) is 5.55. The largest absolute Gasteiger partial charge is 0.391 e. The number of aliphatic hydroxyl groups is 1. The molecule has 2 heteroatoms. The third-order valence-corrected chi connectivity index (χ3v) is 3.51. The molecule has 1 N–H and O–H groups in total. The lowest BCUT2D eigenvalue weighted by molar-refractivity contribution is -0.0225. The lowest BCUT2D eigenvalue weighted by atomic mass is 9.74. The molecule has 1 aliphatic rings. The van der Waals surface area contributed by atoms with Gasteiger partial charge >= 0.3 is 0 Å². The van der Waals surface area contributed by atoms with Gasteiger partial charge in [0.15, 0.2) is 0 Å². The average Bonchev–Trinajstić information content (AvgIpc) is 1.97. The van der Waals surface area contributed by atoms with Crippen molar-refractivity contribution in [1.82, 2.24) is 4.90 Å². The zero-order chi connectivity index (χ0) is 10.2. The van der Waals surface area contributed by atoms with Gasteiger partial charge in [0, 0.05) is 12.6 Å². The molecule has 0 bridgehead atoms. The van der Waals surface area contributed by atoms with Crippen molar-refractivity contribution in [2.45, 2.75) is 46.3 Å². The Morgan fingerprint density at radius 3 is 2.23 bits per heavy atom. The van der Waals surface area contributed by atoms with Gasteiger partial charge in [-0.05, 0) is 31.7 Å². The molecule has 1 heterocycles. The molecule has 0 spiro atoms. The van der Waals surface area contributed by atoms with Crippen LogP contribution in [0.5, 0.6) is 0 Å². The maximum Gasteiger partial charge on any atom is 0.0695 e. The summed E-state index contributed by atoms with van der Waals surface area (Å²) in [5, 5.41) is 9.84. The molecule has 1 rings (SSSR count). The number of likely N-dealkylation sites (tertiary alicyclic amines) is 1. The number of piperidine rings is 1. The molecule has 0 aromatic rings. The zero-order valence-electron chi connectivity index (χ0n) is 9.54.